The zero-order chi connectivity index (χ0) is 19.6. The molecule has 4 rings (SSSR count). The molecule has 0 aliphatic carbocycles. The largest absolute Gasteiger partial charge is 0.440 e. The van der Waals surface area contributed by atoms with Crippen LogP contribution in [0.5, 0.6) is 0 Å². The van der Waals surface area contributed by atoms with Crippen molar-refractivity contribution in [1.82, 2.24) is 9.88 Å². The van der Waals surface area contributed by atoms with E-state index >= 15 is 0 Å². The number of oxazole rings is 1. The second kappa shape index (κ2) is 8.15. The molecule has 0 amide bonds. The van der Waals surface area contributed by atoms with E-state index in [2.05, 4.69) is 4.90 Å². The summed E-state index contributed by atoms with van der Waals surface area (Å²) in [4.78, 5) is 8.10. The van der Waals surface area contributed by atoms with Crippen LogP contribution in [0.1, 0.15) is 29.9 Å². The fourth-order valence-corrected chi connectivity index (χ4v) is 4.75. The van der Waals surface area contributed by atoms with Gasteiger partial charge in [-0.3, -0.25) is 4.90 Å². The normalized spacial score (nSPS) is 20.5. The number of aromatic nitrogens is 1. The third-order valence-corrected chi connectivity index (χ3v) is 6.42. The van der Waals surface area contributed by atoms with Gasteiger partial charge in [0.15, 0.2) is 0 Å². The average Bonchev–Trinajstić information content (AvgIpc) is 3.34. The minimum absolute atomic E-state index is 0.124. The van der Waals surface area contributed by atoms with Gasteiger partial charge in [0.1, 0.15) is 11.6 Å². The first-order valence-electron chi connectivity index (χ1n) is 9.65. The van der Waals surface area contributed by atoms with Gasteiger partial charge in [0, 0.05) is 18.5 Å². The molecule has 148 valence electrons. The molecule has 1 aliphatic rings. The van der Waals surface area contributed by atoms with Gasteiger partial charge in [-0.15, -0.1) is 11.3 Å². The van der Waals surface area contributed by atoms with Crippen molar-refractivity contribution in [2.24, 2.45) is 5.41 Å². The zero-order valence-corrected chi connectivity index (χ0v) is 16.8. The van der Waals surface area contributed by atoms with Gasteiger partial charge in [-0.25, -0.2) is 9.37 Å². The summed E-state index contributed by atoms with van der Waals surface area (Å²) in [5, 5.41) is 12.2. The number of halogens is 1. The number of likely N-dealkylation sites (tertiary alicyclic amines) is 1. The molecule has 4 nitrogen and oxygen atoms in total. The molecule has 6 heteroatoms. The Morgan fingerprint density at radius 1 is 1.29 bits per heavy atom. The smallest absolute Gasteiger partial charge is 0.236 e. The van der Waals surface area contributed by atoms with Crippen molar-refractivity contribution in [3.05, 3.63) is 64.6 Å². The molecule has 0 bridgehead atoms. The Hall–Kier alpha value is -2.02. The topological polar surface area (TPSA) is 49.5 Å². The van der Waals surface area contributed by atoms with Crippen molar-refractivity contribution in [1.29, 1.82) is 0 Å². The minimum atomic E-state index is -0.227. The molecule has 0 radical (unpaired) electrons. The van der Waals surface area contributed by atoms with Crippen molar-refractivity contribution < 1.29 is 13.9 Å². The van der Waals surface area contributed by atoms with Crippen LogP contribution < -0.4 is 0 Å². The van der Waals surface area contributed by atoms with Crippen LogP contribution in [0.25, 0.3) is 10.8 Å². The van der Waals surface area contributed by atoms with Crippen LogP contribution >= 0.6 is 11.3 Å². The summed E-state index contributed by atoms with van der Waals surface area (Å²) >= 11 is 1.62. The Bertz CT molecular complexity index is 907. The third kappa shape index (κ3) is 4.19. The van der Waals surface area contributed by atoms with Crippen LogP contribution in [0.2, 0.25) is 0 Å². The van der Waals surface area contributed by atoms with Gasteiger partial charge in [-0.05, 0) is 61.9 Å². The van der Waals surface area contributed by atoms with E-state index in [9.17, 15) is 9.50 Å². The van der Waals surface area contributed by atoms with Crippen molar-refractivity contribution in [3.8, 4) is 10.8 Å². The molecule has 28 heavy (non-hydrogen) atoms. The number of aliphatic hydroxyl groups excluding tert-OH is 1. The highest BCUT2D eigenvalue weighted by Crippen LogP contribution is 2.35. The predicted octanol–water partition coefficient (Wildman–Crippen LogP) is 4.67. The standard InChI is InChI=1S/C22H25FN2O2S/c1-16-19(24-21(27-16)20-4-2-11-28-20)13-25-10-3-9-22(14-25,15-26)12-17-5-7-18(23)8-6-17/h2,4-8,11,26H,3,9-10,12-15H2,1H3/t22-/m0/s1. The van der Waals surface area contributed by atoms with E-state index in [1.807, 2.05) is 36.6 Å². The first-order chi connectivity index (χ1) is 13.6. The fraction of sp³-hybridized carbons (Fsp3) is 0.409. The van der Waals surface area contributed by atoms with E-state index in [0.29, 0.717) is 12.4 Å². The van der Waals surface area contributed by atoms with Gasteiger partial charge >= 0.3 is 0 Å². The molecule has 0 saturated carbocycles. The van der Waals surface area contributed by atoms with E-state index in [0.717, 1.165) is 54.2 Å². The number of benzene rings is 1. The maximum Gasteiger partial charge on any atom is 0.236 e. The number of rotatable bonds is 6. The molecular weight excluding hydrogens is 375 g/mol. The number of aryl methyl sites for hydroxylation is 1. The van der Waals surface area contributed by atoms with E-state index in [4.69, 9.17) is 9.40 Å². The number of hydrogen-bond acceptors (Lipinski definition) is 5. The van der Waals surface area contributed by atoms with Crippen LogP contribution in [-0.2, 0) is 13.0 Å². The Morgan fingerprint density at radius 2 is 2.11 bits per heavy atom. The van der Waals surface area contributed by atoms with Crippen molar-refractivity contribution in [2.75, 3.05) is 19.7 Å². The lowest BCUT2D eigenvalue weighted by Crippen LogP contribution is -2.46. The van der Waals surface area contributed by atoms with Gasteiger partial charge in [0.2, 0.25) is 5.89 Å². The van der Waals surface area contributed by atoms with Gasteiger partial charge in [0.05, 0.1) is 17.2 Å². The van der Waals surface area contributed by atoms with Crippen LogP contribution in [0.3, 0.4) is 0 Å². The summed E-state index contributed by atoms with van der Waals surface area (Å²) in [5.41, 5.74) is 1.82. The van der Waals surface area contributed by atoms with E-state index in [-0.39, 0.29) is 17.8 Å². The highest BCUT2D eigenvalue weighted by atomic mass is 32.1. The van der Waals surface area contributed by atoms with E-state index < -0.39 is 0 Å². The fourth-order valence-electron chi connectivity index (χ4n) is 4.10. The second-order valence-corrected chi connectivity index (χ2v) is 8.72. The lowest BCUT2D eigenvalue weighted by molar-refractivity contribution is 0.0282. The molecule has 3 heterocycles. The Kier molecular flexibility index (Phi) is 5.62. The van der Waals surface area contributed by atoms with Gasteiger partial charge in [-0.1, -0.05) is 18.2 Å². The maximum absolute atomic E-state index is 13.2. The minimum Gasteiger partial charge on any atom is -0.440 e. The zero-order valence-electron chi connectivity index (χ0n) is 16.0. The van der Waals surface area contributed by atoms with Gasteiger partial charge in [-0.2, -0.15) is 0 Å². The van der Waals surface area contributed by atoms with Crippen LogP contribution in [0.4, 0.5) is 4.39 Å². The van der Waals surface area contributed by atoms with E-state index in [1.165, 1.54) is 12.1 Å². The Labute approximate surface area is 168 Å². The molecule has 1 fully saturated rings. The van der Waals surface area contributed by atoms with Gasteiger partial charge < -0.3 is 9.52 Å². The van der Waals surface area contributed by atoms with Crippen LogP contribution in [0.15, 0.2) is 46.2 Å². The maximum atomic E-state index is 13.2. The van der Waals surface area contributed by atoms with Crippen LogP contribution in [-0.4, -0.2) is 34.7 Å². The molecule has 1 saturated heterocycles. The molecule has 0 spiro atoms. The van der Waals surface area contributed by atoms with Crippen molar-refractivity contribution in [2.45, 2.75) is 32.7 Å². The van der Waals surface area contributed by atoms with Crippen LogP contribution in [0, 0.1) is 18.2 Å². The summed E-state index contributed by atoms with van der Waals surface area (Å²) < 4.78 is 19.1. The number of nitrogens with zero attached hydrogens (tertiary/aromatic N) is 2. The van der Waals surface area contributed by atoms with Crippen molar-refractivity contribution in [3.63, 3.8) is 0 Å². The quantitative estimate of drug-likeness (QED) is 0.653. The first-order valence-corrected chi connectivity index (χ1v) is 10.5. The molecule has 1 atom stereocenters. The van der Waals surface area contributed by atoms with Crippen molar-refractivity contribution >= 4 is 11.3 Å². The highest BCUT2D eigenvalue weighted by molar-refractivity contribution is 7.13. The van der Waals surface area contributed by atoms with E-state index in [1.54, 1.807) is 11.3 Å². The number of hydrogen-bond donors (Lipinski definition) is 1. The molecule has 3 aromatic rings. The molecular formula is C22H25FN2O2S. The first kappa shape index (κ1) is 19.3. The number of thiophene rings is 1. The lowest BCUT2D eigenvalue weighted by Gasteiger charge is -2.42. The summed E-state index contributed by atoms with van der Waals surface area (Å²) in [6, 6.07) is 10.6. The predicted molar refractivity (Wildman–Crippen MR) is 109 cm³/mol. The molecule has 1 N–H and O–H groups in total. The third-order valence-electron chi connectivity index (χ3n) is 5.57. The summed E-state index contributed by atoms with van der Waals surface area (Å²) in [6.07, 6.45) is 2.74. The SMILES string of the molecule is Cc1oc(-c2cccs2)nc1CN1CCC[C@](CO)(Cc2ccc(F)cc2)C1. The lowest BCUT2D eigenvalue weighted by atomic mass is 9.75. The van der Waals surface area contributed by atoms with Gasteiger partial charge in [0.25, 0.3) is 0 Å². The Morgan fingerprint density at radius 3 is 2.82 bits per heavy atom. The molecule has 1 aliphatic heterocycles. The highest BCUT2D eigenvalue weighted by Gasteiger charge is 2.35. The number of piperidine rings is 1. The summed E-state index contributed by atoms with van der Waals surface area (Å²) in [5.74, 6) is 1.30. The summed E-state index contributed by atoms with van der Waals surface area (Å²) in [6.45, 7) is 4.57. The molecule has 2 aromatic heterocycles. The molecule has 0 unspecified atom stereocenters. The monoisotopic (exact) mass is 400 g/mol. The average molecular weight is 401 g/mol. The molecule has 1 aromatic carbocycles. The number of aliphatic hydroxyl groups is 1. The Balaban J connectivity index is 1.48. The second-order valence-electron chi connectivity index (χ2n) is 7.77. The summed E-state index contributed by atoms with van der Waals surface area (Å²) in [7, 11) is 0.